The van der Waals surface area contributed by atoms with E-state index in [-0.39, 0.29) is 11.8 Å². The van der Waals surface area contributed by atoms with Gasteiger partial charge in [-0.3, -0.25) is 14.7 Å². The summed E-state index contributed by atoms with van der Waals surface area (Å²) < 4.78 is 0. The molecule has 2 aliphatic rings. The molecule has 1 saturated carbocycles. The molecule has 4 heteroatoms. The van der Waals surface area contributed by atoms with Crippen molar-refractivity contribution >= 4 is 5.91 Å². The number of nitrogens with zero attached hydrogens (tertiary/aromatic N) is 2. The van der Waals surface area contributed by atoms with E-state index < -0.39 is 0 Å². The quantitative estimate of drug-likeness (QED) is 0.914. The van der Waals surface area contributed by atoms with Gasteiger partial charge in [0.15, 0.2) is 0 Å². The van der Waals surface area contributed by atoms with Gasteiger partial charge in [0.25, 0.3) is 0 Å². The summed E-state index contributed by atoms with van der Waals surface area (Å²) in [6, 6.07) is 13.0. The zero-order valence-electron chi connectivity index (χ0n) is 14.7. The van der Waals surface area contributed by atoms with Crippen LogP contribution in [0.3, 0.4) is 0 Å². The smallest absolute Gasteiger partial charge is 0.223 e. The van der Waals surface area contributed by atoms with Gasteiger partial charge < -0.3 is 5.32 Å². The maximum absolute atomic E-state index is 12.4. The highest BCUT2D eigenvalue weighted by molar-refractivity contribution is 5.82. The fourth-order valence-electron chi connectivity index (χ4n) is 3.85. The van der Waals surface area contributed by atoms with Crippen LogP contribution in [0.1, 0.15) is 36.0 Å². The summed E-state index contributed by atoms with van der Waals surface area (Å²) in [6.45, 7) is 4.97. The first-order valence-electron chi connectivity index (χ1n) is 9.21. The van der Waals surface area contributed by atoms with Gasteiger partial charge in [0.1, 0.15) is 0 Å². The minimum Gasteiger partial charge on any atom is -0.354 e. The van der Waals surface area contributed by atoms with Gasteiger partial charge >= 0.3 is 0 Å². The molecule has 3 atom stereocenters. The summed E-state index contributed by atoms with van der Waals surface area (Å²) in [7, 11) is 0. The van der Waals surface area contributed by atoms with E-state index in [1.807, 2.05) is 12.3 Å². The Bertz CT molecular complexity index is 746. The number of aromatic nitrogens is 1. The number of hydrogen-bond donors (Lipinski definition) is 1. The van der Waals surface area contributed by atoms with Gasteiger partial charge in [-0.25, -0.2) is 0 Å². The Labute approximate surface area is 149 Å². The number of amides is 1. The van der Waals surface area contributed by atoms with Gasteiger partial charge in [-0.05, 0) is 48.4 Å². The summed E-state index contributed by atoms with van der Waals surface area (Å²) in [6.07, 6.45) is 5.70. The molecule has 4 nitrogen and oxygen atoms in total. The second-order valence-electron chi connectivity index (χ2n) is 7.32. The molecule has 3 unspecified atom stereocenters. The Morgan fingerprint density at radius 1 is 1.28 bits per heavy atom. The van der Waals surface area contributed by atoms with E-state index in [9.17, 15) is 4.79 Å². The van der Waals surface area contributed by atoms with Crippen molar-refractivity contribution in [3.8, 4) is 0 Å². The van der Waals surface area contributed by atoms with Crippen molar-refractivity contribution < 1.29 is 4.79 Å². The van der Waals surface area contributed by atoms with Gasteiger partial charge in [-0.2, -0.15) is 0 Å². The lowest BCUT2D eigenvalue weighted by Gasteiger charge is -2.33. The third-order valence-corrected chi connectivity index (χ3v) is 5.60. The van der Waals surface area contributed by atoms with Crippen molar-refractivity contribution in [3.63, 3.8) is 0 Å². The number of pyridine rings is 1. The molecule has 1 N–H and O–H groups in total. The maximum Gasteiger partial charge on any atom is 0.223 e. The van der Waals surface area contributed by atoms with Gasteiger partial charge in [0.05, 0.1) is 0 Å². The molecule has 0 bridgehead atoms. The highest BCUT2D eigenvalue weighted by Crippen LogP contribution is 2.47. The molecular weight excluding hydrogens is 310 g/mol. The van der Waals surface area contributed by atoms with Crippen LogP contribution < -0.4 is 5.32 Å². The van der Waals surface area contributed by atoms with E-state index in [1.165, 1.54) is 16.7 Å². The van der Waals surface area contributed by atoms with E-state index in [0.717, 1.165) is 32.5 Å². The molecule has 1 amide bonds. The van der Waals surface area contributed by atoms with Crippen LogP contribution in [0, 0.1) is 5.92 Å². The molecule has 0 radical (unpaired) electrons. The van der Waals surface area contributed by atoms with Crippen LogP contribution in [0.4, 0.5) is 0 Å². The first-order chi connectivity index (χ1) is 12.2. The number of nitrogens with one attached hydrogen (secondary N) is 1. The molecule has 1 fully saturated rings. The number of benzene rings is 1. The highest BCUT2D eigenvalue weighted by atomic mass is 16.2. The molecule has 1 aliphatic heterocycles. The van der Waals surface area contributed by atoms with E-state index in [0.29, 0.717) is 12.0 Å². The Balaban J connectivity index is 1.27. The summed E-state index contributed by atoms with van der Waals surface area (Å²) in [5, 5.41) is 3.16. The highest BCUT2D eigenvalue weighted by Gasteiger charge is 2.44. The largest absolute Gasteiger partial charge is 0.354 e. The zero-order valence-corrected chi connectivity index (χ0v) is 14.7. The van der Waals surface area contributed by atoms with Crippen molar-refractivity contribution in [1.82, 2.24) is 15.2 Å². The molecule has 1 aliphatic carbocycles. The first kappa shape index (κ1) is 16.3. The van der Waals surface area contributed by atoms with E-state index in [1.54, 1.807) is 6.20 Å². The number of carbonyl (C=O) groups excluding carboxylic acids is 1. The van der Waals surface area contributed by atoms with Gasteiger partial charge in [-0.15, -0.1) is 0 Å². The number of carbonyl (C=O) groups is 1. The fraction of sp³-hybridized carbons (Fsp3) is 0.429. The van der Waals surface area contributed by atoms with Crippen molar-refractivity contribution in [2.24, 2.45) is 5.92 Å². The molecule has 25 heavy (non-hydrogen) atoms. The molecule has 4 rings (SSSR count). The number of rotatable bonds is 5. The van der Waals surface area contributed by atoms with Crippen molar-refractivity contribution in [2.45, 2.75) is 38.3 Å². The molecule has 2 heterocycles. The van der Waals surface area contributed by atoms with E-state index in [2.05, 4.69) is 52.5 Å². The van der Waals surface area contributed by atoms with Crippen LogP contribution in [0.5, 0.6) is 0 Å². The summed E-state index contributed by atoms with van der Waals surface area (Å²) in [5.74, 6) is 0.669. The van der Waals surface area contributed by atoms with Crippen LogP contribution >= 0.6 is 0 Å². The van der Waals surface area contributed by atoms with Crippen molar-refractivity contribution in [2.75, 3.05) is 13.1 Å². The third kappa shape index (κ3) is 3.59. The lowest BCUT2D eigenvalue weighted by Crippen LogP contribution is -2.44. The van der Waals surface area contributed by atoms with Gasteiger partial charge in [0, 0.05) is 44.0 Å². The predicted octanol–water partition coefficient (Wildman–Crippen LogP) is 2.75. The normalized spacial score (nSPS) is 23.6. The van der Waals surface area contributed by atoms with Crippen LogP contribution in [0.25, 0.3) is 0 Å². The van der Waals surface area contributed by atoms with Crippen LogP contribution in [-0.4, -0.2) is 34.9 Å². The van der Waals surface area contributed by atoms with Crippen LogP contribution in [-0.2, 0) is 17.8 Å². The zero-order chi connectivity index (χ0) is 17.2. The average Bonchev–Trinajstić information content (AvgIpc) is 3.47. The minimum atomic E-state index is 0.124. The van der Waals surface area contributed by atoms with Crippen molar-refractivity contribution in [1.29, 1.82) is 0 Å². The fourth-order valence-corrected chi connectivity index (χ4v) is 3.85. The molecule has 0 spiro atoms. The monoisotopic (exact) mass is 335 g/mol. The average molecular weight is 335 g/mol. The molecular formula is C21H25N3O. The van der Waals surface area contributed by atoms with Gasteiger partial charge in [0.2, 0.25) is 5.91 Å². The van der Waals surface area contributed by atoms with Crippen molar-refractivity contribution in [3.05, 3.63) is 65.5 Å². The Kier molecular flexibility index (Phi) is 4.53. The molecule has 1 aromatic heterocycles. The Morgan fingerprint density at radius 3 is 2.92 bits per heavy atom. The standard InChI is InChI=1S/C21H25N3O/c1-15(24-10-8-16-5-2-3-6-18(16)14-24)12-23-21(25)20-11-19(20)17-7-4-9-22-13-17/h2-7,9,13,15,19-20H,8,10-12,14H2,1H3,(H,23,25). The lowest BCUT2D eigenvalue weighted by atomic mass is 9.99. The SMILES string of the molecule is CC(CNC(=O)C1CC1c1cccnc1)N1CCc2ccccc2C1. The van der Waals surface area contributed by atoms with Crippen LogP contribution in [0.15, 0.2) is 48.8 Å². The molecule has 2 aromatic rings. The summed E-state index contributed by atoms with van der Waals surface area (Å²) in [4.78, 5) is 19.0. The summed E-state index contributed by atoms with van der Waals surface area (Å²) >= 11 is 0. The number of fused-ring (bicyclic) bond motifs is 1. The lowest BCUT2D eigenvalue weighted by molar-refractivity contribution is -0.122. The van der Waals surface area contributed by atoms with Gasteiger partial charge in [-0.1, -0.05) is 30.3 Å². The topological polar surface area (TPSA) is 45.2 Å². The Morgan fingerprint density at radius 2 is 2.12 bits per heavy atom. The molecule has 0 saturated heterocycles. The van der Waals surface area contributed by atoms with E-state index >= 15 is 0 Å². The molecule has 1 aromatic carbocycles. The second kappa shape index (κ2) is 6.96. The van der Waals surface area contributed by atoms with E-state index in [4.69, 9.17) is 0 Å². The number of hydrogen-bond acceptors (Lipinski definition) is 3. The maximum atomic E-state index is 12.4. The molecule has 130 valence electrons. The van der Waals surface area contributed by atoms with Crippen LogP contribution in [0.2, 0.25) is 0 Å². The minimum absolute atomic E-state index is 0.124. The predicted molar refractivity (Wildman–Crippen MR) is 98.1 cm³/mol. The summed E-state index contributed by atoms with van der Waals surface area (Å²) in [5.41, 5.74) is 4.07. The third-order valence-electron chi connectivity index (χ3n) is 5.60. The first-order valence-corrected chi connectivity index (χ1v) is 9.21. The second-order valence-corrected chi connectivity index (χ2v) is 7.32. The Hall–Kier alpha value is -2.20.